The third kappa shape index (κ3) is 3.82. The number of nitrogens with zero attached hydrogens (tertiary/aromatic N) is 1. The van der Waals surface area contributed by atoms with Gasteiger partial charge in [-0.1, -0.05) is 24.3 Å². The van der Waals surface area contributed by atoms with Crippen LogP contribution < -0.4 is 0 Å². The fourth-order valence-electron chi connectivity index (χ4n) is 2.62. The summed E-state index contributed by atoms with van der Waals surface area (Å²) in [4.78, 5) is 25.2. The van der Waals surface area contributed by atoms with Gasteiger partial charge in [-0.15, -0.1) is 0 Å². The summed E-state index contributed by atoms with van der Waals surface area (Å²) in [6.45, 7) is 3.44. The van der Waals surface area contributed by atoms with E-state index >= 15 is 0 Å². The van der Waals surface area contributed by atoms with E-state index in [1.54, 1.807) is 0 Å². The van der Waals surface area contributed by atoms with Gasteiger partial charge in [0.05, 0.1) is 0 Å². The molecule has 1 aliphatic rings. The SMILES string of the molecule is CCOCCCC(=O)N1Cc2ccccc2C[C@H]1C(=O)O. The molecule has 0 aliphatic carbocycles. The van der Waals surface area contributed by atoms with Crippen molar-refractivity contribution in [1.29, 1.82) is 0 Å². The standard InChI is InChI=1S/C16H21NO4/c1-2-21-9-5-8-15(18)17-11-13-7-4-3-6-12(13)10-14(17)16(19)20/h3-4,6-7,14H,2,5,8-11H2,1H3,(H,19,20)/t14-/m0/s1. The fraction of sp³-hybridized carbons (Fsp3) is 0.500. The first-order valence-corrected chi connectivity index (χ1v) is 7.30. The number of aliphatic carboxylic acids is 1. The Morgan fingerprint density at radius 2 is 2.05 bits per heavy atom. The molecule has 0 spiro atoms. The van der Waals surface area contributed by atoms with Crippen molar-refractivity contribution in [1.82, 2.24) is 4.90 Å². The topological polar surface area (TPSA) is 66.8 Å². The van der Waals surface area contributed by atoms with Gasteiger partial charge in [0.25, 0.3) is 0 Å². The van der Waals surface area contributed by atoms with Crippen LogP contribution in [0.4, 0.5) is 0 Å². The summed E-state index contributed by atoms with van der Waals surface area (Å²) in [6.07, 6.45) is 1.33. The van der Waals surface area contributed by atoms with Gasteiger partial charge in [0, 0.05) is 32.6 Å². The van der Waals surface area contributed by atoms with Gasteiger partial charge >= 0.3 is 5.97 Å². The van der Waals surface area contributed by atoms with E-state index in [0.29, 0.717) is 39.0 Å². The number of amides is 1. The molecule has 0 fully saturated rings. The van der Waals surface area contributed by atoms with Crippen molar-refractivity contribution in [3.05, 3.63) is 35.4 Å². The summed E-state index contributed by atoms with van der Waals surface area (Å²) < 4.78 is 5.21. The van der Waals surface area contributed by atoms with Crippen LogP contribution in [0, 0.1) is 0 Å². The Bertz CT molecular complexity index is 515. The van der Waals surface area contributed by atoms with Crippen LogP contribution in [0.3, 0.4) is 0 Å². The molecule has 21 heavy (non-hydrogen) atoms. The van der Waals surface area contributed by atoms with E-state index in [1.807, 2.05) is 31.2 Å². The minimum Gasteiger partial charge on any atom is -0.480 e. The second-order valence-electron chi connectivity index (χ2n) is 5.15. The van der Waals surface area contributed by atoms with Crippen LogP contribution in [0.2, 0.25) is 0 Å². The number of hydrogen-bond acceptors (Lipinski definition) is 3. The lowest BCUT2D eigenvalue weighted by Gasteiger charge is -2.34. The van der Waals surface area contributed by atoms with E-state index in [0.717, 1.165) is 11.1 Å². The number of fused-ring (bicyclic) bond motifs is 1. The maximum Gasteiger partial charge on any atom is 0.326 e. The van der Waals surface area contributed by atoms with Crippen LogP contribution in [-0.2, 0) is 27.3 Å². The average Bonchev–Trinajstić information content (AvgIpc) is 2.50. The minimum atomic E-state index is -0.942. The number of carboxylic acids is 1. The highest BCUT2D eigenvalue weighted by Gasteiger charge is 2.33. The number of carbonyl (C=O) groups excluding carboxylic acids is 1. The summed E-state index contributed by atoms with van der Waals surface area (Å²) in [5, 5.41) is 9.37. The summed E-state index contributed by atoms with van der Waals surface area (Å²) >= 11 is 0. The quantitative estimate of drug-likeness (QED) is 0.812. The first kappa shape index (κ1) is 15.5. The van der Waals surface area contributed by atoms with Crippen LogP contribution in [-0.4, -0.2) is 41.1 Å². The molecule has 114 valence electrons. The highest BCUT2D eigenvalue weighted by Crippen LogP contribution is 2.24. The molecule has 1 aromatic rings. The molecule has 0 radical (unpaired) electrons. The molecule has 5 heteroatoms. The molecule has 0 unspecified atom stereocenters. The van der Waals surface area contributed by atoms with Crippen LogP contribution >= 0.6 is 0 Å². The average molecular weight is 291 g/mol. The Hall–Kier alpha value is -1.88. The van der Waals surface area contributed by atoms with Crippen molar-refractivity contribution < 1.29 is 19.4 Å². The van der Waals surface area contributed by atoms with E-state index in [-0.39, 0.29) is 5.91 Å². The summed E-state index contributed by atoms with van der Waals surface area (Å²) in [5.74, 6) is -1.06. The van der Waals surface area contributed by atoms with Crippen molar-refractivity contribution in [2.75, 3.05) is 13.2 Å². The van der Waals surface area contributed by atoms with Gasteiger partial charge in [-0.25, -0.2) is 4.79 Å². The molecule has 0 bridgehead atoms. The Balaban J connectivity index is 2.06. The number of carbonyl (C=O) groups is 2. The molecule has 1 amide bonds. The van der Waals surface area contributed by atoms with Crippen molar-refractivity contribution in [3.63, 3.8) is 0 Å². The first-order valence-electron chi connectivity index (χ1n) is 7.30. The molecular weight excluding hydrogens is 270 g/mol. The maximum absolute atomic E-state index is 12.3. The van der Waals surface area contributed by atoms with E-state index in [9.17, 15) is 14.7 Å². The number of ether oxygens (including phenoxy) is 1. The predicted molar refractivity (Wildman–Crippen MR) is 77.8 cm³/mol. The second kappa shape index (κ2) is 7.22. The lowest BCUT2D eigenvalue weighted by atomic mass is 9.93. The molecule has 0 aromatic heterocycles. The zero-order valence-corrected chi connectivity index (χ0v) is 12.2. The molecule has 5 nitrogen and oxygen atoms in total. The lowest BCUT2D eigenvalue weighted by Crippen LogP contribution is -2.48. The normalized spacial score (nSPS) is 17.4. The highest BCUT2D eigenvalue weighted by molar-refractivity contribution is 5.84. The molecule has 1 N–H and O–H groups in total. The smallest absolute Gasteiger partial charge is 0.326 e. The van der Waals surface area contributed by atoms with E-state index in [2.05, 4.69) is 0 Å². The summed E-state index contributed by atoms with van der Waals surface area (Å²) in [7, 11) is 0. The van der Waals surface area contributed by atoms with Crippen LogP contribution in [0.25, 0.3) is 0 Å². The zero-order chi connectivity index (χ0) is 15.2. The zero-order valence-electron chi connectivity index (χ0n) is 12.2. The molecule has 1 heterocycles. The summed E-state index contributed by atoms with van der Waals surface area (Å²) in [5.41, 5.74) is 2.05. The molecule has 1 aromatic carbocycles. The van der Waals surface area contributed by atoms with Gasteiger partial charge in [0.1, 0.15) is 6.04 Å². The lowest BCUT2D eigenvalue weighted by molar-refractivity contribution is -0.151. The van der Waals surface area contributed by atoms with Gasteiger partial charge in [0.2, 0.25) is 5.91 Å². The van der Waals surface area contributed by atoms with Gasteiger partial charge in [0.15, 0.2) is 0 Å². The Morgan fingerprint density at radius 1 is 1.33 bits per heavy atom. The van der Waals surface area contributed by atoms with Gasteiger partial charge in [-0.05, 0) is 24.5 Å². The Morgan fingerprint density at radius 3 is 2.71 bits per heavy atom. The van der Waals surface area contributed by atoms with E-state index in [1.165, 1.54) is 4.90 Å². The van der Waals surface area contributed by atoms with Crippen molar-refractivity contribution in [2.45, 2.75) is 38.8 Å². The van der Waals surface area contributed by atoms with Gasteiger partial charge in [-0.2, -0.15) is 0 Å². The molecular formula is C16H21NO4. The van der Waals surface area contributed by atoms with Crippen LogP contribution in [0.15, 0.2) is 24.3 Å². The molecule has 0 saturated carbocycles. The van der Waals surface area contributed by atoms with E-state index < -0.39 is 12.0 Å². The minimum absolute atomic E-state index is 0.114. The monoisotopic (exact) mass is 291 g/mol. The van der Waals surface area contributed by atoms with Gasteiger partial charge in [-0.3, -0.25) is 4.79 Å². The number of rotatable bonds is 6. The Kier molecular flexibility index (Phi) is 5.33. The predicted octanol–water partition coefficient (Wildman–Crippen LogP) is 1.84. The number of hydrogen-bond donors (Lipinski definition) is 1. The molecule has 1 aliphatic heterocycles. The highest BCUT2D eigenvalue weighted by atomic mass is 16.5. The first-order chi connectivity index (χ1) is 10.1. The second-order valence-corrected chi connectivity index (χ2v) is 5.15. The number of carboxylic acid groups (broad SMARTS) is 1. The maximum atomic E-state index is 12.3. The van der Waals surface area contributed by atoms with Crippen molar-refractivity contribution in [2.24, 2.45) is 0 Å². The Labute approximate surface area is 124 Å². The van der Waals surface area contributed by atoms with Crippen molar-refractivity contribution in [3.8, 4) is 0 Å². The third-order valence-electron chi connectivity index (χ3n) is 3.74. The van der Waals surface area contributed by atoms with Crippen molar-refractivity contribution >= 4 is 11.9 Å². The van der Waals surface area contributed by atoms with Gasteiger partial charge < -0.3 is 14.7 Å². The van der Waals surface area contributed by atoms with Crippen LogP contribution in [0.1, 0.15) is 30.9 Å². The molecule has 1 atom stereocenters. The van der Waals surface area contributed by atoms with Crippen LogP contribution in [0.5, 0.6) is 0 Å². The summed E-state index contributed by atoms with van der Waals surface area (Å²) in [6, 6.07) is 6.94. The number of benzene rings is 1. The fourth-order valence-corrected chi connectivity index (χ4v) is 2.62. The largest absolute Gasteiger partial charge is 0.480 e. The molecule has 0 saturated heterocycles. The third-order valence-corrected chi connectivity index (χ3v) is 3.74. The molecule has 2 rings (SSSR count). The van der Waals surface area contributed by atoms with E-state index in [4.69, 9.17) is 4.74 Å².